The molecule has 0 spiro atoms. The quantitative estimate of drug-likeness (QED) is 0.434. The summed E-state index contributed by atoms with van der Waals surface area (Å²) in [6, 6.07) is 0.782. The first kappa shape index (κ1) is 5.25. The molecular weight excluding hydrogens is 112 g/mol. The molecule has 0 aromatic heterocycles. The van der Waals surface area contributed by atoms with Crippen LogP contribution in [0.4, 0.5) is 0 Å². The van der Waals surface area contributed by atoms with Crippen molar-refractivity contribution < 1.29 is 0 Å². The highest BCUT2D eigenvalue weighted by Crippen LogP contribution is 2.46. The Hall–Kier alpha value is -0.550. The van der Waals surface area contributed by atoms with Crippen molar-refractivity contribution in [3.8, 4) is 0 Å². The Balaban J connectivity index is 2.10. The van der Waals surface area contributed by atoms with E-state index < -0.39 is 0 Å². The van der Waals surface area contributed by atoms with Gasteiger partial charge in [0.15, 0.2) is 0 Å². The first-order chi connectivity index (χ1) is 4.33. The number of rotatable bonds is 0. The summed E-state index contributed by atoms with van der Waals surface area (Å²) in [5.41, 5.74) is 0. The Bertz CT molecular complexity index is 170. The Morgan fingerprint density at radius 2 is 2.33 bits per heavy atom. The van der Waals surface area contributed by atoms with E-state index in [1.807, 2.05) is 0 Å². The molecule has 3 unspecified atom stereocenters. The number of hydrogen-bond acceptors (Lipinski definition) is 1. The van der Waals surface area contributed by atoms with Crippen molar-refractivity contribution in [2.24, 2.45) is 5.92 Å². The molecule has 0 N–H and O–H groups in total. The van der Waals surface area contributed by atoms with E-state index in [1.165, 1.54) is 6.42 Å². The molecule has 1 heterocycles. The summed E-state index contributed by atoms with van der Waals surface area (Å²) in [5.74, 6) is 0.883. The van der Waals surface area contributed by atoms with E-state index in [9.17, 15) is 0 Å². The maximum atomic E-state index is 6.82. The molecule has 0 aromatic carbocycles. The van der Waals surface area contributed by atoms with Crippen molar-refractivity contribution in [2.45, 2.75) is 25.0 Å². The Labute approximate surface area is 55.3 Å². The van der Waals surface area contributed by atoms with Gasteiger partial charge >= 0.3 is 0 Å². The molecule has 0 amide bonds. The minimum Gasteiger partial charge on any atom is -0.296 e. The molecular formula is C7H10N2. The maximum Gasteiger partial charge on any atom is 0.280 e. The number of nitrogens with zero attached hydrogens (tertiary/aromatic N) is 2. The monoisotopic (exact) mass is 122 g/mol. The predicted molar refractivity (Wildman–Crippen MR) is 34.7 cm³/mol. The SMILES string of the molecule is [C-]#[N+]C1CC2CC2N1C. The van der Waals surface area contributed by atoms with Gasteiger partial charge in [-0.15, -0.1) is 0 Å². The minimum atomic E-state index is 0.216. The van der Waals surface area contributed by atoms with Crippen LogP contribution in [-0.2, 0) is 0 Å². The highest BCUT2D eigenvalue weighted by atomic mass is 15.3. The molecule has 1 aliphatic carbocycles. The highest BCUT2D eigenvalue weighted by Gasteiger charge is 2.53. The van der Waals surface area contributed by atoms with Gasteiger partial charge in [0.25, 0.3) is 6.17 Å². The van der Waals surface area contributed by atoms with Crippen molar-refractivity contribution >= 4 is 0 Å². The molecule has 9 heavy (non-hydrogen) atoms. The molecule has 2 aliphatic rings. The second kappa shape index (κ2) is 1.48. The molecule has 2 rings (SSSR count). The van der Waals surface area contributed by atoms with Gasteiger partial charge in [0.1, 0.15) is 0 Å². The molecule has 1 aliphatic heterocycles. The Kier molecular flexibility index (Phi) is 0.866. The van der Waals surface area contributed by atoms with Crippen LogP contribution in [0.3, 0.4) is 0 Å². The second-order valence-electron chi connectivity index (χ2n) is 3.07. The highest BCUT2D eigenvalue weighted by molar-refractivity contribution is 5.06. The summed E-state index contributed by atoms with van der Waals surface area (Å²) in [5, 5.41) is 0. The second-order valence-corrected chi connectivity index (χ2v) is 3.07. The third-order valence-electron chi connectivity index (χ3n) is 2.54. The van der Waals surface area contributed by atoms with E-state index in [0.717, 1.165) is 18.4 Å². The van der Waals surface area contributed by atoms with Crippen LogP contribution < -0.4 is 0 Å². The standard InChI is InChI=1S/C7H10N2/c1-8-7-4-5-3-6(5)9(7)2/h5-7H,3-4H2,2H3. The molecule has 3 atom stereocenters. The maximum absolute atomic E-state index is 6.82. The van der Waals surface area contributed by atoms with Crippen LogP contribution in [0.2, 0.25) is 0 Å². The van der Waals surface area contributed by atoms with Crippen LogP contribution >= 0.6 is 0 Å². The summed E-state index contributed by atoms with van der Waals surface area (Å²) >= 11 is 0. The van der Waals surface area contributed by atoms with Crippen molar-refractivity contribution in [2.75, 3.05) is 7.05 Å². The van der Waals surface area contributed by atoms with Gasteiger partial charge in [0.2, 0.25) is 0 Å². The summed E-state index contributed by atoms with van der Waals surface area (Å²) in [6.07, 6.45) is 2.70. The molecule has 0 radical (unpaired) electrons. The Morgan fingerprint density at radius 3 is 2.67 bits per heavy atom. The molecule has 2 fully saturated rings. The number of fused-ring (bicyclic) bond motifs is 1. The van der Waals surface area contributed by atoms with Crippen LogP contribution in [0, 0.1) is 12.5 Å². The van der Waals surface area contributed by atoms with Crippen LogP contribution in [0.15, 0.2) is 0 Å². The fourth-order valence-electron chi connectivity index (χ4n) is 1.79. The van der Waals surface area contributed by atoms with Gasteiger partial charge in [-0.25, -0.2) is 11.5 Å². The minimum absolute atomic E-state index is 0.216. The van der Waals surface area contributed by atoms with E-state index in [4.69, 9.17) is 6.57 Å². The fourth-order valence-corrected chi connectivity index (χ4v) is 1.79. The average molecular weight is 122 g/mol. The largest absolute Gasteiger partial charge is 0.296 e. The smallest absolute Gasteiger partial charge is 0.280 e. The lowest BCUT2D eigenvalue weighted by Gasteiger charge is -2.10. The van der Waals surface area contributed by atoms with Crippen molar-refractivity contribution in [1.82, 2.24) is 4.90 Å². The zero-order valence-corrected chi connectivity index (χ0v) is 5.54. The molecule has 0 bridgehead atoms. The number of hydrogen-bond donors (Lipinski definition) is 0. The molecule has 0 aromatic rings. The predicted octanol–water partition coefficient (Wildman–Crippen LogP) is 0.956. The lowest BCUT2D eigenvalue weighted by molar-refractivity contribution is 0.309. The third-order valence-corrected chi connectivity index (χ3v) is 2.54. The van der Waals surface area contributed by atoms with E-state index in [2.05, 4.69) is 16.8 Å². The van der Waals surface area contributed by atoms with Crippen LogP contribution in [0.5, 0.6) is 0 Å². The van der Waals surface area contributed by atoms with Gasteiger partial charge < -0.3 is 0 Å². The van der Waals surface area contributed by atoms with Gasteiger partial charge in [-0.05, 0) is 19.4 Å². The van der Waals surface area contributed by atoms with Crippen molar-refractivity contribution in [3.63, 3.8) is 0 Å². The summed E-state index contributed by atoms with van der Waals surface area (Å²) in [6.45, 7) is 6.82. The van der Waals surface area contributed by atoms with Gasteiger partial charge in [0.05, 0.1) is 0 Å². The number of likely N-dealkylation sites (tertiary alicyclic amines) is 1. The van der Waals surface area contributed by atoms with Crippen LogP contribution in [-0.4, -0.2) is 24.2 Å². The molecule has 48 valence electrons. The zero-order valence-electron chi connectivity index (χ0n) is 5.54. The molecule has 1 saturated carbocycles. The topological polar surface area (TPSA) is 7.60 Å². The summed E-state index contributed by atoms with van der Waals surface area (Å²) in [4.78, 5) is 5.75. The van der Waals surface area contributed by atoms with E-state index in [1.54, 1.807) is 0 Å². The Morgan fingerprint density at radius 1 is 1.56 bits per heavy atom. The van der Waals surface area contributed by atoms with E-state index in [-0.39, 0.29) is 6.17 Å². The summed E-state index contributed by atoms with van der Waals surface area (Å²) in [7, 11) is 2.07. The average Bonchev–Trinajstić information content (AvgIpc) is 2.55. The van der Waals surface area contributed by atoms with Gasteiger partial charge in [-0.3, -0.25) is 4.85 Å². The van der Waals surface area contributed by atoms with Crippen LogP contribution in [0.1, 0.15) is 12.8 Å². The fraction of sp³-hybridized carbons (Fsp3) is 0.857. The van der Waals surface area contributed by atoms with Crippen LogP contribution in [0.25, 0.3) is 4.85 Å². The van der Waals surface area contributed by atoms with Gasteiger partial charge in [-0.1, -0.05) is 0 Å². The van der Waals surface area contributed by atoms with Gasteiger partial charge in [0, 0.05) is 12.5 Å². The summed E-state index contributed by atoms with van der Waals surface area (Å²) < 4.78 is 0. The lowest BCUT2D eigenvalue weighted by Crippen LogP contribution is -2.25. The zero-order chi connectivity index (χ0) is 6.43. The van der Waals surface area contributed by atoms with Crippen molar-refractivity contribution in [1.29, 1.82) is 0 Å². The first-order valence-corrected chi connectivity index (χ1v) is 3.41. The van der Waals surface area contributed by atoms with E-state index >= 15 is 0 Å². The van der Waals surface area contributed by atoms with Gasteiger partial charge in [-0.2, -0.15) is 0 Å². The van der Waals surface area contributed by atoms with Crippen molar-refractivity contribution in [3.05, 3.63) is 11.4 Å². The number of piperidine rings is 1. The molecule has 2 nitrogen and oxygen atoms in total. The van der Waals surface area contributed by atoms with E-state index in [0.29, 0.717) is 0 Å². The first-order valence-electron chi connectivity index (χ1n) is 3.41. The third kappa shape index (κ3) is 0.585. The molecule has 1 saturated heterocycles. The normalized spacial score (nSPS) is 48.2. The molecule has 2 heteroatoms. The lowest BCUT2D eigenvalue weighted by atomic mass is 10.3.